The first kappa shape index (κ1) is 24.1. The molecule has 0 saturated heterocycles. The monoisotopic (exact) mass is 444 g/mol. The molecule has 3 aliphatic rings. The quantitative estimate of drug-likeness (QED) is 0.307. The van der Waals surface area contributed by atoms with Gasteiger partial charge in [0.05, 0.1) is 6.10 Å². The third kappa shape index (κ3) is 4.79. The highest BCUT2D eigenvalue weighted by atomic mass is 19.4. The molecule has 8 heteroatoms. The maximum atomic E-state index is 13.9. The zero-order valence-electron chi connectivity index (χ0n) is 18.0. The molecule has 2 nitrogen and oxygen atoms in total. The van der Waals surface area contributed by atoms with Crippen molar-refractivity contribution in [1.29, 1.82) is 0 Å². The van der Waals surface area contributed by atoms with Gasteiger partial charge in [-0.15, -0.1) is 0 Å². The Morgan fingerprint density at radius 2 is 1.53 bits per heavy atom. The summed E-state index contributed by atoms with van der Waals surface area (Å²) in [7, 11) is 0. The second kappa shape index (κ2) is 8.80. The van der Waals surface area contributed by atoms with Gasteiger partial charge in [-0.25, -0.2) is 0 Å². The Labute approximate surface area is 175 Å². The lowest BCUT2D eigenvalue weighted by Gasteiger charge is -2.41. The van der Waals surface area contributed by atoms with Crippen molar-refractivity contribution in [2.24, 2.45) is 35.5 Å². The van der Waals surface area contributed by atoms with Crippen LogP contribution in [0.5, 0.6) is 0 Å². The maximum absolute atomic E-state index is 13.9. The van der Waals surface area contributed by atoms with Gasteiger partial charge in [0.2, 0.25) is 0 Å². The van der Waals surface area contributed by atoms with Gasteiger partial charge in [-0.1, -0.05) is 33.6 Å². The van der Waals surface area contributed by atoms with Crippen LogP contribution in [0.4, 0.5) is 26.3 Å². The van der Waals surface area contributed by atoms with E-state index in [1.807, 2.05) is 20.8 Å². The molecule has 0 spiro atoms. The van der Waals surface area contributed by atoms with Crippen molar-refractivity contribution in [1.82, 2.24) is 0 Å². The first-order valence-corrected chi connectivity index (χ1v) is 11.2. The SMILES string of the molecule is CC1CCC(C(C)C)C(OCOC(CC2CC3CCC2C3)(C(F)(F)F)C(F)(F)F)C1. The predicted octanol–water partition coefficient (Wildman–Crippen LogP) is 7.13. The lowest BCUT2D eigenvalue weighted by molar-refractivity contribution is -0.400. The fraction of sp³-hybridized carbons (Fsp3) is 1.00. The van der Waals surface area contributed by atoms with Crippen molar-refractivity contribution in [2.75, 3.05) is 6.79 Å². The molecule has 3 rings (SSSR count). The lowest BCUT2D eigenvalue weighted by Crippen LogP contribution is -2.60. The molecule has 0 aromatic carbocycles. The molecule has 6 atom stereocenters. The fourth-order valence-electron chi connectivity index (χ4n) is 6.14. The molecule has 0 aliphatic heterocycles. The summed E-state index contributed by atoms with van der Waals surface area (Å²) in [6.45, 7) is 5.05. The topological polar surface area (TPSA) is 18.5 Å². The predicted molar refractivity (Wildman–Crippen MR) is 101 cm³/mol. The molecule has 176 valence electrons. The van der Waals surface area contributed by atoms with Gasteiger partial charge in [0, 0.05) is 0 Å². The summed E-state index contributed by atoms with van der Waals surface area (Å²) in [5, 5.41) is 0. The van der Waals surface area contributed by atoms with Crippen LogP contribution in [0.1, 0.15) is 72.1 Å². The second-order valence-electron chi connectivity index (χ2n) is 10.3. The lowest BCUT2D eigenvalue weighted by atomic mass is 9.75. The molecule has 0 amide bonds. The third-order valence-corrected chi connectivity index (χ3v) is 7.90. The fourth-order valence-corrected chi connectivity index (χ4v) is 6.14. The number of hydrogen-bond donors (Lipinski definition) is 0. The zero-order chi connectivity index (χ0) is 22.3. The Kier molecular flexibility index (Phi) is 7.08. The summed E-state index contributed by atoms with van der Waals surface area (Å²) < 4.78 is 93.7. The normalized spacial score (nSPS) is 35.4. The minimum atomic E-state index is -5.55. The summed E-state index contributed by atoms with van der Waals surface area (Å²) in [6, 6.07) is 0. The Balaban J connectivity index is 1.73. The summed E-state index contributed by atoms with van der Waals surface area (Å²) >= 11 is 0. The first-order valence-electron chi connectivity index (χ1n) is 11.2. The molecule has 0 aromatic heterocycles. The average molecular weight is 445 g/mol. The number of ether oxygens (including phenoxy) is 2. The Morgan fingerprint density at radius 1 is 0.867 bits per heavy atom. The largest absolute Gasteiger partial charge is 0.426 e. The number of alkyl halides is 6. The van der Waals surface area contributed by atoms with Gasteiger partial charge in [-0.05, 0) is 74.0 Å². The van der Waals surface area contributed by atoms with E-state index in [1.54, 1.807) is 0 Å². The standard InChI is InChI=1S/C22H34F6O2/c1-13(2)18-7-4-14(3)8-19(18)29-12-30-20(21(23,24)25,22(26,27)28)11-17-10-15-5-6-16(17)9-15/h13-19H,4-12H2,1-3H3. The number of hydrogen-bond acceptors (Lipinski definition) is 2. The van der Waals surface area contributed by atoms with E-state index in [0.29, 0.717) is 25.2 Å². The number of fused-ring (bicyclic) bond motifs is 2. The molecule has 30 heavy (non-hydrogen) atoms. The van der Waals surface area contributed by atoms with E-state index >= 15 is 0 Å². The number of rotatable bonds is 7. The van der Waals surface area contributed by atoms with E-state index in [1.165, 1.54) is 0 Å². The highest BCUT2D eigenvalue weighted by Gasteiger charge is 2.73. The average Bonchev–Trinajstić information content (AvgIpc) is 3.21. The van der Waals surface area contributed by atoms with E-state index in [9.17, 15) is 26.3 Å². The van der Waals surface area contributed by atoms with Gasteiger partial charge in [0.15, 0.2) is 0 Å². The summed E-state index contributed by atoms with van der Waals surface area (Å²) in [6.07, 6.45) is -7.26. The van der Waals surface area contributed by atoms with Crippen LogP contribution in [0.15, 0.2) is 0 Å². The van der Waals surface area contributed by atoms with E-state index in [0.717, 1.165) is 25.7 Å². The van der Waals surface area contributed by atoms with Crippen molar-refractivity contribution in [3.8, 4) is 0 Å². The van der Waals surface area contributed by atoms with Crippen molar-refractivity contribution in [3.63, 3.8) is 0 Å². The molecule has 3 saturated carbocycles. The van der Waals surface area contributed by atoms with Crippen molar-refractivity contribution in [2.45, 2.75) is 96.2 Å². The minimum Gasteiger partial charge on any atom is -0.352 e. The smallest absolute Gasteiger partial charge is 0.352 e. The van der Waals surface area contributed by atoms with Crippen molar-refractivity contribution < 1.29 is 35.8 Å². The second-order valence-corrected chi connectivity index (χ2v) is 10.3. The minimum absolute atomic E-state index is 0.0619. The summed E-state index contributed by atoms with van der Waals surface area (Å²) in [4.78, 5) is 0. The molecule has 2 bridgehead atoms. The van der Waals surface area contributed by atoms with Crippen LogP contribution in [0.3, 0.4) is 0 Å². The van der Waals surface area contributed by atoms with Crippen LogP contribution in [-0.2, 0) is 9.47 Å². The Hall–Kier alpha value is -0.500. The molecular weight excluding hydrogens is 410 g/mol. The van der Waals surface area contributed by atoms with Crippen LogP contribution >= 0.6 is 0 Å². The van der Waals surface area contributed by atoms with E-state index in [2.05, 4.69) is 0 Å². The molecule has 0 radical (unpaired) electrons. The molecule has 0 aromatic rings. The van der Waals surface area contributed by atoms with Gasteiger partial charge in [-0.2, -0.15) is 26.3 Å². The van der Waals surface area contributed by atoms with Crippen LogP contribution < -0.4 is 0 Å². The van der Waals surface area contributed by atoms with Crippen LogP contribution in [0.25, 0.3) is 0 Å². The van der Waals surface area contributed by atoms with Gasteiger partial charge < -0.3 is 9.47 Å². The Bertz CT molecular complexity index is 559. The molecular formula is C22H34F6O2. The molecule has 0 N–H and O–H groups in total. The van der Waals surface area contributed by atoms with Gasteiger partial charge >= 0.3 is 12.4 Å². The highest BCUT2D eigenvalue weighted by molar-refractivity contribution is 5.01. The molecule has 6 unspecified atom stereocenters. The molecule has 0 heterocycles. The first-order chi connectivity index (χ1) is 13.8. The summed E-state index contributed by atoms with van der Waals surface area (Å²) in [5.41, 5.74) is -4.16. The van der Waals surface area contributed by atoms with Gasteiger partial charge in [-0.3, -0.25) is 0 Å². The summed E-state index contributed by atoms with van der Waals surface area (Å²) in [5.74, 6) is 0.270. The Morgan fingerprint density at radius 3 is 2.03 bits per heavy atom. The molecule has 3 aliphatic carbocycles. The van der Waals surface area contributed by atoms with E-state index in [4.69, 9.17) is 9.47 Å². The van der Waals surface area contributed by atoms with Crippen molar-refractivity contribution >= 4 is 0 Å². The maximum Gasteiger partial charge on any atom is 0.426 e. The van der Waals surface area contributed by atoms with Crippen LogP contribution in [0.2, 0.25) is 0 Å². The van der Waals surface area contributed by atoms with Crippen molar-refractivity contribution in [3.05, 3.63) is 0 Å². The van der Waals surface area contributed by atoms with Crippen LogP contribution in [-0.4, -0.2) is 30.9 Å². The third-order valence-electron chi connectivity index (χ3n) is 7.90. The highest BCUT2D eigenvalue weighted by Crippen LogP contribution is 2.56. The number of halogens is 6. The van der Waals surface area contributed by atoms with Crippen LogP contribution in [0, 0.1) is 35.5 Å². The van der Waals surface area contributed by atoms with E-state index < -0.39 is 37.1 Å². The zero-order valence-corrected chi connectivity index (χ0v) is 18.0. The van der Waals surface area contributed by atoms with Gasteiger partial charge in [0.25, 0.3) is 5.60 Å². The van der Waals surface area contributed by atoms with Gasteiger partial charge in [0.1, 0.15) is 6.79 Å². The molecule has 3 fully saturated rings. The van der Waals surface area contributed by atoms with E-state index in [-0.39, 0.29) is 29.8 Å².